The van der Waals surface area contributed by atoms with Crippen molar-refractivity contribution >= 4 is 23.5 Å². The first kappa shape index (κ1) is 18.1. The van der Waals surface area contributed by atoms with Crippen molar-refractivity contribution in [2.45, 2.75) is 20.8 Å². The van der Waals surface area contributed by atoms with E-state index in [2.05, 4.69) is 4.98 Å². The molecule has 0 fully saturated rings. The third kappa shape index (κ3) is 3.82. The molecule has 1 aromatic carbocycles. The summed E-state index contributed by atoms with van der Waals surface area (Å²) in [6.45, 7) is 5.27. The lowest BCUT2D eigenvalue weighted by molar-refractivity contribution is -0.385. The number of rotatable bonds is 6. The fraction of sp³-hybridized carbons (Fsp3) is 0.222. The highest BCUT2D eigenvalue weighted by atomic mass is 16.6. The first-order valence-electron chi connectivity index (χ1n) is 7.68. The number of hydrogen-bond donors (Lipinski definition) is 1. The second kappa shape index (κ2) is 7.57. The van der Waals surface area contributed by atoms with E-state index < -0.39 is 10.9 Å². The van der Waals surface area contributed by atoms with Crippen molar-refractivity contribution < 1.29 is 19.2 Å². The monoisotopic (exact) mass is 342 g/mol. The van der Waals surface area contributed by atoms with Crippen molar-refractivity contribution in [2.24, 2.45) is 0 Å². The Balaban J connectivity index is 2.34. The predicted octanol–water partition coefficient (Wildman–Crippen LogP) is 3.61. The summed E-state index contributed by atoms with van der Waals surface area (Å²) in [6, 6.07) is 6.14. The van der Waals surface area contributed by atoms with E-state index in [0.717, 1.165) is 0 Å². The van der Waals surface area contributed by atoms with E-state index in [1.165, 1.54) is 18.2 Å². The number of nitrogens with zero attached hydrogens (tertiary/aromatic N) is 1. The van der Waals surface area contributed by atoms with Crippen molar-refractivity contribution in [3.63, 3.8) is 0 Å². The second-order valence-electron chi connectivity index (χ2n) is 5.36. The normalized spacial score (nSPS) is 10.8. The zero-order chi connectivity index (χ0) is 18.6. The number of allylic oxidation sites excluding steroid dienone is 1. The first-order valence-corrected chi connectivity index (χ1v) is 7.68. The summed E-state index contributed by atoms with van der Waals surface area (Å²) in [5.74, 6) is -0.871. The number of nitrogens with one attached hydrogen (secondary N) is 1. The van der Waals surface area contributed by atoms with Gasteiger partial charge < -0.3 is 9.72 Å². The standard InChI is InChI=1S/C18H18N2O5/c1-4-25-18(22)17-11(2)16(12(3)19-17)15(21)10-9-13-7-5-6-8-14(13)20(23)24/h5-10,19H,4H2,1-3H3/b10-9+. The molecule has 7 heteroatoms. The van der Waals surface area contributed by atoms with Gasteiger partial charge in [-0.1, -0.05) is 12.1 Å². The van der Waals surface area contributed by atoms with E-state index in [1.54, 1.807) is 39.0 Å². The Hall–Kier alpha value is -3.22. The SMILES string of the molecule is CCOC(=O)c1[nH]c(C)c(C(=O)/C=C/c2ccccc2[N+](=O)[O-])c1C. The van der Waals surface area contributed by atoms with Gasteiger partial charge in [0.25, 0.3) is 5.69 Å². The lowest BCUT2D eigenvalue weighted by atomic mass is 10.0. The minimum absolute atomic E-state index is 0.0822. The zero-order valence-corrected chi connectivity index (χ0v) is 14.2. The van der Waals surface area contributed by atoms with Gasteiger partial charge >= 0.3 is 5.97 Å². The molecule has 0 atom stereocenters. The number of nitro benzene ring substituents is 1. The number of para-hydroxylation sites is 1. The van der Waals surface area contributed by atoms with Crippen LogP contribution in [-0.4, -0.2) is 28.3 Å². The average Bonchev–Trinajstić information content (AvgIpc) is 2.87. The molecule has 130 valence electrons. The van der Waals surface area contributed by atoms with Crippen LogP contribution in [0, 0.1) is 24.0 Å². The van der Waals surface area contributed by atoms with Crippen LogP contribution in [0.1, 0.15) is 44.6 Å². The molecule has 2 aromatic rings. The maximum atomic E-state index is 12.5. The van der Waals surface area contributed by atoms with Crippen LogP contribution in [0.15, 0.2) is 30.3 Å². The number of aromatic nitrogens is 1. The fourth-order valence-corrected chi connectivity index (χ4v) is 2.57. The molecule has 0 aliphatic rings. The van der Waals surface area contributed by atoms with Crippen LogP contribution in [0.3, 0.4) is 0 Å². The van der Waals surface area contributed by atoms with E-state index in [0.29, 0.717) is 22.4 Å². The third-order valence-electron chi connectivity index (χ3n) is 3.71. The van der Waals surface area contributed by atoms with Crippen LogP contribution >= 0.6 is 0 Å². The topological polar surface area (TPSA) is 102 Å². The summed E-state index contributed by atoms with van der Waals surface area (Å²) >= 11 is 0. The van der Waals surface area contributed by atoms with Gasteiger partial charge in [-0.2, -0.15) is 0 Å². The van der Waals surface area contributed by atoms with E-state index in [9.17, 15) is 19.7 Å². The Morgan fingerprint density at radius 3 is 2.60 bits per heavy atom. The summed E-state index contributed by atoms with van der Waals surface area (Å²) in [7, 11) is 0. The maximum absolute atomic E-state index is 12.5. The number of H-pyrrole nitrogens is 1. The highest BCUT2D eigenvalue weighted by Gasteiger charge is 2.21. The highest BCUT2D eigenvalue weighted by molar-refractivity contribution is 6.10. The molecule has 1 heterocycles. The number of aryl methyl sites for hydroxylation is 1. The van der Waals surface area contributed by atoms with Gasteiger partial charge in [0.05, 0.1) is 17.1 Å². The maximum Gasteiger partial charge on any atom is 0.355 e. The van der Waals surface area contributed by atoms with Crippen LogP contribution in [0.2, 0.25) is 0 Å². The molecular weight excluding hydrogens is 324 g/mol. The largest absolute Gasteiger partial charge is 0.461 e. The Kier molecular flexibility index (Phi) is 5.49. The summed E-state index contributed by atoms with van der Waals surface area (Å²) in [5.41, 5.74) is 1.88. The van der Waals surface area contributed by atoms with Crippen LogP contribution in [0.5, 0.6) is 0 Å². The number of aromatic amines is 1. The highest BCUT2D eigenvalue weighted by Crippen LogP contribution is 2.22. The van der Waals surface area contributed by atoms with Crippen molar-refractivity contribution in [2.75, 3.05) is 6.61 Å². The average molecular weight is 342 g/mol. The molecule has 2 rings (SSSR count). The number of ketones is 1. The number of hydrogen-bond acceptors (Lipinski definition) is 5. The Morgan fingerprint density at radius 1 is 1.28 bits per heavy atom. The minimum Gasteiger partial charge on any atom is -0.461 e. The van der Waals surface area contributed by atoms with Crippen molar-refractivity contribution in [1.82, 2.24) is 4.98 Å². The second-order valence-corrected chi connectivity index (χ2v) is 5.36. The van der Waals surface area contributed by atoms with E-state index in [-0.39, 0.29) is 23.8 Å². The van der Waals surface area contributed by atoms with Gasteiger partial charge in [-0.05, 0) is 44.6 Å². The molecule has 0 bridgehead atoms. The third-order valence-corrected chi connectivity index (χ3v) is 3.71. The number of carbonyl (C=O) groups excluding carboxylic acids is 2. The van der Waals surface area contributed by atoms with Crippen LogP contribution in [-0.2, 0) is 4.74 Å². The van der Waals surface area contributed by atoms with Gasteiger partial charge in [-0.3, -0.25) is 14.9 Å². The van der Waals surface area contributed by atoms with E-state index in [1.807, 2.05) is 0 Å². The molecular formula is C18H18N2O5. The van der Waals surface area contributed by atoms with Gasteiger partial charge in [0.2, 0.25) is 0 Å². The summed E-state index contributed by atoms with van der Waals surface area (Å²) < 4.78 is 4.95. The Bertz CT molecular complexity index is 864. The lowest BCUT2D eigenvalue weighted by Gasteiger charge is -2.01. The van der Waals surface area contributed by atoms with Crippen LogP contribution in [0.25, 0.3) is 6.08 Å². The molecule has 1 N–H and O–H groups in total. The summed E-state index contributed by atoms with van der Waals surface area (Å²) in [6.07, 6.45) is 2.66. The van der Waals surface area contributed by atoms with Crippen LogP contribution < -0.4 is 0 Å². The van der Waals surface area contributed by atoms with Crippen LogP contribution in [0.4, 0.5) is 5.69 Å². The number of ether oxygens (including phenoxy) is 1. The fourth-order valence-electron chi connectivity index (χ4n) is 2.57. The zero-order valence-electron chi connectivity index (χ0n) is 14.2. The van der Waals surface area contributed by atoms with E-state index >= 15 is 0 Å². The van der Waals surface area contributed by atoms with Crippen molar-refractivity contribution in [3.8, 4) is 0 Å². The van der Waals surface area contributed by atoms with Gasteiger partial charge in [-0.25, -0.2) is 4.79 Å². The Labute approximate surface area is 144 Å². The quantitative estimate of drug-likeness (QED) is 0.284. The van der Waals surface area contributed by atoms with Crippen molar-refractivity contribution in [1.29, 1.82) is 0 Å². The first-order chi connectivity index (χ1) is 11.9. The van der Waals surface area contributed by atoms with Gasteiger partial charge in [0.1, 0.15) is 5.69 Å². The number of carbonyl (C=O) groups is 2. The number of benzene rings is 1. The smallest absolute Gasteiger partial charge is 0.355 e. The molecule has 0 unspecified atom stereocenters. The van der Waals surface area contributed by atoms with Crippen molar-refractivity contribution in [3.05, 3.63) is 68.5 Å². The summed E-state index contributed by atoms with van der Waals surface area (Å²) in [5, 5.41) is 11.0. The number of esters is 1. The molecule has 0 saturated heterocycles. The predicted molar refractivity (Wildman–Crippen MR) is 92.7 cm³/mol. The molecule has 0 spiro atoms. The van der Waals surface area contributed by atoms with Gasteiger partial charge in [0, 0.05) is 17.3 Å². The van der Waals surface area contributed by atoms with Gasteiger partial charge in [0.15, 0.2) is 5.78 Å². The molecule has 7 nitrogen and oxygen atoms in total. The lowest BCUT2D eigenvalue weighted by Crippen LogP contribution is -2.07. The Morgan fingerprint density at radius 2 is 1.96 bits per heavy atom. The molecule has 0 aliphatic heterocycles. The van der Waals surface area contributed by atoms with Gasteiger partial charge in [-0.15, -0.1) is 0 Å². The molecule has 0 saturated carbocycles. The molecule has 1 aromatic heterocycles. The molecule has 0 radical (unpaired) electrons. The summed E-state index contributed by atoms with van der Waals surface area (Å²) in [4.78, 5) is 37.8. The molecule has 25 heavy (non-hydrogen) atoms. The minimum atomic E-state index is -0.523. The molecule has 0 amide bonds. The van der Waals surface area contributed by atoms with E-state index in [4.69, 9.17) is 4.74 Å². The number of nitro groups is 1. The molecule has 0 aliphatic carbocycles.